The molecule has 21 heavy (non-hydrogen) atoms. The lowest BCUT2D eigenvalue weighted by Gasteiger charge is -2.39. The second kappa shape index (κ2) is 6.17. The highest BCUT2D eigenvalue weighted by Gasteiger charge is 2.33. The summed E-state index contributed by atoms with van der Waals surface area (Å²) >= 11 is 0. The SMILES string of the molecule is CC1CCCC(CO)(NCc2ccc3ccccc3c2)C1. The molecule has 0 saturated heterocycles. The maximum Gasteiger partial charge on any atom is 0.0613 e. The predicted octanol–water partition coefficient (Wildman–Crippen LogP) is 3.87. The fourth-order valence-electron chi connectivity index (χ4n) is 3.66. The van der Waals surface area contributed by atoms with Crippen LogP contribution in [0.2, 0.25) is 0 Å². The minimum absolute atomic E-state index is 0.0800. The Morgan fingerprint density at radius 2 is 2.00 bits per heavy atom. The van der Waals surface area contributed by atoms with Crippen LogP contribution in [0.5, 0.6) is 0 Å². The number of aliphatic hydroxyl groups is 1. The van der Waals surface area contributed by atoms with Crippen LogP contribution in [0.15, 0.2) is 42.5 Å². The van der Waals surface area contributed by atoms with Gasteiger partial charge in [0.25, 0.3) is 0 Å². The van der Waals surface area contributed by atoms with Gasteiger partial charge in [0.1, 0.15) is 0 Å². The van der Waals surface area contributed by atoms with Gasteiger partial charge in [-0.1, -0.05) is 56.2 Å². The molecule has 2 atom stereocenters. The maximum absolute atomic E-state index is 9.85. The lowest BCUT2D eigenvalue weighted by atomic mass is 9.77. The summed E-state index contributed by atoms with van der Waals surface area (Å²) in [6.45, 7) is 3.37. The van der Waals surface area contributed by atoms with Crippen molar-refractivity contribution >= 4 is 10.8 Å². The van der Waals surface area contributed by atoms with Crippen LogP contribution in [0.25, 0.3) is 10.8 Å². The highest BCUT2D eigenvalue weighted by atomic mass is 16.3. The van der Waals surface area contributed by atoms with E-state index in [1.165, 1.54) is 29.2 Å². The predicted molar refractivity (Wildman–Crippen MR) is 88.2 cm³/mol. The van der Waals surface area contributed by atoms with Crippen LogP contribution in [-0.4, -0.2) is 17.3 Å². The summed E-state index contributed by atoms with van der Waals surface area (Å²) in [7, 11) is 0. The molecule has 0 aromatic heterocycles. The summed E-state index contributed by atoms with van der Waals surface area (Å²) in [6.07, 6.45) is 4.67. The van der Waals surface area contributed by atoms with Crippen LogP contribution in [0.3, 0.4) is 0 Å². The summed E-state index contributed by atoms with van der Waals surface area (Å²) < 4.78 is 0. The third kappa shape index (κ3) is 3.28. The van der Waals surface area contributed by atoms with Gasteiger partial charge < -0.3 is 10.4 Å². The second-order valence-corrected chi connectivity index (χ2v) is 6.68. The fourth-order valence-corrected chi connectivity index (χ4v) is 3.66. The van der Waals surface area contributed by atoms with E-state index in [1.807, 2.05) is 0 Å². The molecule has 0 aliphatic heterocycles. The molecule has 112 valence electrons. The van der Waals surface area contributed by atoms with Crippen LogP contribution in [0.4, 0.5) is 0 Å². The summed E-state index contributed by atoms with van der Waals surface area (Å²) in [6, 6.07) is 15.1. The monoisotopic (exact) mass is 283 g/mol. The molecule has 0 spiro atoms. The minimum Gasteiger partial charge on any atom is -0.394 e. The molecule has 2 unspecified atom stereocenters. The third-order valence-corrected chi connectivity index (χ3v) is 4.88. The maximum atomic E-state index is 9.85. The lowest BCUT2D eigenvalue weighted by molar-refractivity contribution is 0.0982. The average Bonchev–Trinajstić information content (AvgIpc) is 2.53. The van der Waals surface area contributed by atoms with Gasteiger partial charge in [0, 0.05) is 12.1 Å². The Morgan fingerprint density at radius 3 is 2.76 bits per heavy atom. The van der Waals surface area contributed by atoms with Gasteiger partial charge in [0.15, 0.2) is 0 Å². The molecule has 0 amide bonds. The van der Waals surface area contributed by atoms with Crippen molar-refractivity contribution in [3.8, 4) is 0 Å². The van der Waals surface area contributed by atoms with Gasteiger partial charge in [0.05, 0.1) is 6.61 Å². The zero-order valence-electron chi connectivity index (χ0n) is 12.8. The topological polar surface area (TPSA) is 32.3 Å². The molecule has 2 N–H and O–H groups in total. The molecule has 1 fully saturated rings. The first-order valence-corrected chi connectivity index (χ1v) is 8.04. The van der Waals surface area contributed by atoms with E-state index in [9.17, 15) is 5.11 Å². The lowest BCUT2D eigenvalue weighted by Crippen LogP contribution is -2.51. The van der Waals surface area contributed by atoms with Crippen LogP contribution in [-0.2, 0) is 6.54 Å². The van der Waals surface area contributed by atoms with E-state index in [0.717, 1.165) is 19.4 Å². The molecule has 0 bridgehead atoms. The fraction of sp³-hybridized carbons (Fsp3) is 0.474. The van der Waals surface area contributed by atoms with E-state index in [4.69, 9.17) is 0 Å². The van der Waals surface area contributed by atoms with Gasteiger partial charge in [-0.25, -0.2) is 0 Å². The van der Waals surface area contributed by atoms with Gasteiger partial charge in [-0.15, -0.1) is 0 Å². The normalized spacial score (nSPS) is 26.1. The van der Waals surface area contributed by atoms with Crippen molar-refractivity contribution in [3.63, 3.8) is 0 Å². The van der Waals surface area contributed by atoms with Crippen molar-refractivity contribution in [3.05, 3.63) is 48.0 Å². The van der Waals surface area contributed by atoms with Crippen LogP contribution < -0.4 is 5.32 Å². The Bertz CT molecular complexity index is 609. The van der Waals surface area contributed by atoms with Gasteiger partial charge in [0.2, 0.25) is 0 Å². The number of hydrogen-bond acceptors (Lipinski definition) is 2. The van der Waals surface area contributed by atoms with E-state index in [1.54, 1.807) is 0 Å². The van der Waals surface area contributed by atoms with Crippen molar-refractivity contribution in [2.45, 2.75) is 44.7 Å². The number of nitrogens with one attached hydrogen (secondary N) is 1. The molecule has 0 heterocycles. The zero-order chi connectivity index (χ0) is 14.7. The number of rotatable bonds is 4. The molecule has 0 radical (unpaired) electrons. The molecule has 2 heteroatoms. The first kappa shape index (κ1) is 14.6. The van der Waals surface area contributed by atoms with E-state index in [2.05, 4.69) is 54.7 Å². The first-order valence-electron chi connectivity index (χ1n) is 8.04. The number of aliphatic hydroxyl groups excluding tert-OH is 1. The molecule has 2 aromatic carbocycles. The van der Waals surface area contributed by atoms with Crippen molar-refractivity contribution in [1.29, 1.82) is 0 Å². The van der Waals surface area contributed by atoms with Gasteiger partial charge >= 0.3 is 0 Å². The molecule has 1 saturated carbocycles. The minimum atomic E-state index is -0.0800. The molecule has 2 aromatic rings. The molecule has 3 rings (SSSR count). The molecular formula is C19H25NO. The van der Waals surface area contributed by atoms with Crippen LogP contribution in [0, 0.1) is 5.92 Å². The summed E-state index contributed by atoms with van der Waals surface area (Å²) in [4.78, 5) is 0. The second-order valence-electron chi connectivity index (χ2n) is 6.68. The Hall–Kier alpha value is -1.38. The molecule has 1 aliphatic rings. The zero-order valence-corrected chi connectivity index (χ0v) is 12.8. The first-order chi connectivity index (χ1) is 10.2. The highest BCUT2D eigenvalue weighted by molar-refractivity contribution is 5.82. The largest absolute Gasteiger partial charge is 0.394 e. The van der Waals surface area contributed by atoms with E-state index in [-0.39, 0.29) is 12.1 Å². The van der Waals surface area contributed by atoms with Crippen molar-refractivity contribution in [2.24, 2.45) is 5.92 Å². The summed E-state index contributed by atoms with van der Waals surface area (Å²) in [5.41, 5.74) is 1.21. The molecular weight excluding hydrogens is 258 g/mol. The van der Waals surface area contributed by atoms with Gasteiger partial charge in [-0.3, -0.25) is 0 Å². The van der Waals surface area contributed by atoms with E-state index >= 15 is 0 Å². The Labute approximate surface area is 127 Å². The molecule has 1 aliphatic carbocycles. The van der Waals surface area contributed by atoms with Crippen molar-refractivity contribution in [1.82, 2.24) is 5.32 Å². The van der Waals surface area contributed by atoms with Crippen molar-refractivity contribution < 1.29 is 5.11 Å². The highest BCUT2D eigenvalue weighted by Crippen LogP contribution is 2.32. The Balaban J connectivity index is 1.72. The number of benzene rings is 2. The van der Waals surface area contributed by atoms with Gasteiger partial charge in [-0.05, 0) is 41.2 Å². The average molecular weight is 283 g/mol. The standard InChI is InChI=1S/C19H25NO/c1-15-5-4-10-19(12-15,14-21)20-13-16-8-9-17-6-2-3-7-18(17)11-16/h2-3,6-9,11,15,20-21H,4-5,10,12-14H2,1H3. The summed E-state index contributed by atoms with van der Waals surface area (Å²) in [5.74, 6) is 0.704. The Morgan fingerprint density at radius 1 is 1.19 bits per heavy atom. The number of fused-ring (bicyclic) bond motifs is 1. The smallest absolute Gasteiger partial charge is 0.0613 e. The Kier molecular flexibility index (Phi) is 4.27. The number of hydrogen-bond donors (Lipinski definition) is 2. The quantitative estimate of drug-likeness (QED) is 0.892. The molecule has 2 nitrogen and oxygen atoms in total. The van der Waals surface area contributed by atoms with E-state index in [0.29, 0.717) is 5.92 Å². The van der Waals surface area contributed by atoms with Crippen LogP contribution >= 0.6 is 0 Å². The summed E-state index contributed by atoms with van der Waals surface area (Å²) in [5, 5.41) is 16.1. The van der Waals surface area contributed by atoms with Crippen LogP contribution in [0.1, 0.15) is 38.2 Å². The van der Waals surface area contributed by atoms with Gasteiger partial charge in [-0.2, -0.15) is 0 Å². The van der Waals surface area contributed by atoms with E-state index < -0.39 is 0 Å². The van der Waals surface area contributed by atoms with Crippen molar-refractivity contribution in [2.75, 3.05) is 6.61 Å². The third-order valence-electron chi connectivity index (χ3n) is 4.88.